The standard InChI is InChI=1S/C15H21ClO2/c1-5-11-6-7-14(16)12(8-11)9-13(17)10-18-15(2,3)4/h6-8H,5,9-10H2,1-4H3. The summed E-state index contributed by atoms with van der Waals surface area (Å²) in [5, 5.41) is 0.649. The lowest BCUT2D eigenvalue weighted by Crippen LogP contribution is -2.24. The highest BCUT2D eigenvalue weighted by molar-refractivity contribution is 6.31. The third-order valence-electron chi connectivity index (χ3n) is 2.57. The second kappa shape index (κ2) is 6.35. The van der Waals surface area contributed by atoms with Gasteiger partial charge in [0.05, 0.1) is 5.60 Å². The van der Waals surface area contributed by atoms with Crippen molar-refractivity contribution < 1.29 is 9.53 Å². The van der Waals surface area contributed by atoms with Crippen LogP contribution < -0.4 is 0 Å². The van der Waals surface area contributed by atoms with E-state index < -0.39 is 0 Å². The normalized spacial score (nSPS) is 11.6. The molecule has 2 nitrogen and oxygen atoms in total. The predicted octanol–water partition coefficient (Wildman–Crippen LogP) is 3.83. The Hall–Kier alpha value is -0.860. The van der Waals surface area contributed by atoms with Gasteiger partial charge in [-0.05, 0) is 44.4 Å². The first-order valence-electron chi connectivity index (χ1n) is 6.25. The molecule has 0 spiro atoms. The van der Waals surface area contributed by atoms with Crippen LogP contribution in [0.25, 0.3) is 0 Å². The first kappa shape index (κ1) is 15.2. The summed E-state index contributed by atoms with van der Waals surface area (Å²) in [6.07, 6.45) is 1.28. The van der Waals surface area contributed by atoms with Crippen molar-refractivity contribution in [1.29, 1.82) is 0 Å². The van der Waals surface area contributed by atoms with E-state index in [9.17, 15) is 4.79 Å². The summed E-state index contributed by atoms with van der Waals surface area (Å²) in [6, 6.07) is 5.84. The highest BCUT2D eigenvalue weighted by atomic mass is 35.5. The van der Waals surface area contributed by atoms with Gasteiger partial charge in [0.25, 0.3) is 0 Å². The molecule has 0 amide bonds. The lowest BCUT2D eigenvalue weighted by Gasteiger charge is -2.18. The van der Waals surface area contributed by atoms with E-state index in [1.54, 1.807) is 0 Å². The van der Waals surface area contributed by atoms with Gasteiger partial charge in [-0.15, -0.1) is 0 Å². The smallest absolute Gasteiger partial charge is 0.162 e. The Labute approximate surface area is 114 Å². The average molecular weight is 269 g/mol. The molecule has 0 N–H and O–H groups in total. The van der Waals surface area contributed by atoms with Gasteiger partial charge in [-0.3, -0.25) is 4.79 Å². The maximum absolute atomic E-state index is 11.8. The lowest BCUT2D eigenvalue weighted by atomic mass is 10.0. The molecule has 0 aliphatic heterocycles. The molecule has 18 heavy (non-hydrogen) atoms. The van der Waals surface area contributed by atoms with E-state index in [4.69, 9.17) is 16.3 Å². The second-order valence-electron chi connectivity index (χ2n) is 5.40. The molecule has 0 heterocycles. The SMILES string of the molecule is CCc1ccc(Cl)c(CC(=O)COC(C)(C)C)c1. The van der Waals surface area contributed by atoms with E-state index in [-0.39, 0.29) is 18.0 Å². The molecule has 0 aliphatic rings. The highest BCUT2D eigenvalue weighted by Crippen LogP contribution is 2.19. The summed E-state index contributed by atoms with van der Waals surface area (Å²) in [7, 11) is 0. The van der Waals surface area contributed by atoms with Gasteiger partial charge in [0.1, 0.15) is 6.61 Å². The summed E-state index contributed by atoms with van der Waals surface area (Å²) in [5.41, 5.74) is 1.79. The Morgan fingerprint density at radius 1 is 1.33 bits per heavy atom. The van der Waals surface area contributed by atoms with Crippen LogP contribution in [-0.2, 0) is 22.4 Å². The lowest BCUT2D eigenvalue weighted by molar-refractivity contribution is -0.127. The first-order chi connectivity index (χ1) is 8.31. The van der Waals surface area contributed by atoms with E-state index in [0.717, 1.165) is 12.0 Å². The van der Waals surface area contributed by atoms with Crippen molar-refractivity contribution in [2.45, 2.75) is 46.1 Å². The first-order valence-corrected chi connectivity index (χ1v) is 6.62. The summed E-state index contributed by atoms with van der Waals surface area (Å²) >= 11 is 6.09. The Morgan fingerprint density at radius 3 is 2.56 bits per heavy atom. The van der Waals surface area contributed by atoms with Crippen LogP contribution in [-0.4, -0.2) is 18.0 Å². The second-order valence-corrected chi connectivity index (χ2v) is 5.80. The monoisotopic (exact) mass is 268 g/mol. The number of hydrogen-bond donors (Lipinski definition) is 0. The Kier molecular flexibility index (Phi) is 5.36. The van der Waals surface area contributed by atoms with Crippen LogP contribution in [0.4, 0.5) is 0 Å². The van der Waals surface area contributed by atoms with Gasteiger partial charge in [-0.2, -0.15) is 0 Å². The molecule has 100 valence electrons. The molecule has 0 saturated heterocycles. The van der Waals surface area contributed by atoms with E-state index in [1.165, 1.54) is 5.56 Å². The molecule has 1 aromatic rings. The summed E-state index contributed by atoms with van der Waals surface area (Å²) in [4.78, 5) is 11.8. The molecule has 0 aromatic heterocycles. The van der Waals surface area contributed by atoms with E-state index >= 15 is 0 Å². The van der Waals surface area contributed by atoms with Crippen LogP contribution in [0.15, 0.2) is 18.2 Å². The average Bonchev–Trinajstić information content (AvgIpc) is 2.28. The van der Waals surface area contributed by atoms with Crippen molar-refractivity contribution in [3.05, 3.63) is 34.3 Å². The van der Waals surface area contributed by atoms with Gasteiger partial charge in [0.2, 0.25) is 0 Å². The minimum atomic E-state index is -0.287. The van der Waals surface area contributed by atoms with Gasteiger partial charge in [-0.25, -0.2) is 0 Å². The zero-order valence-electron chi connectivity index (χ0n) is 11.5. The van der Waals surface area contributed by atoms with Crippen LogP contribution in [0.3, 0.4) is 0 Å². The van der Waals surface area contributed by atoms with Crippen molar-refractivity contribution in [3.63, 3.8) is 0 Å². The fraction of sp³-hybridized carbons (Fsp3) is 0.533. The van der Waals surface area contributed by atoms with Crippen LogP contribution in [0, 0.1) is 0 Å². The van der Waals surface area contributed by atoms with Crippen molar-refractivity contribution in [1.82, 2.24) is 0 Å². The molecule has 0 radical (unpaired) electrons. The third-order valence-corrected chi connectivity index (χ3v) is 2.94. The molecule has 0 aliphatic carbocycles. The number of carbonyl (C=O) groups excluding carboxylic acids is 1. The van der Waals surface area contributed by atoms with E-state index in [2.05, 4.69) is 6.92 Å². The van der Waals surface area contributed by atoms with Crippen molar-refractivity contribution in [3.8, 4) is 0 Å². The largest absolute Gasteiger partial charge is 0.368 e. The molecule has 0 bridgehead atoms. The van der Waals surface area contributed by atoms with Crippen LogP contribution >= 0.6 is 11.6 Å². The summed E-state index contributed by atoms with van der Waals surface area (Å²) < 4.78 is 5.47. The van der Waals surface area contributed by atoms with Crippen LogP contribution in [0.2, 0.25) is 5.02 Å². The topological polar surface area (TPSA) is 26.3 Å². The van der Waals surface area contributed by atoms with Gasteiger partial charge >= 0.3 is 0 Å². The fourth-order valence-electron chi connectivity index (χ4n) is 1.54. The number of benzene rings is 1. The zero-order chi connectivity index (χ0) is 13.8. The Bertz CT molecular complexity index is 419. The van der Waals surface area contributed by atoms with Gasteiger partial charge < -0.3 is 4.74 Å². The van der Waals surface area contributed by atoms with Crippen LogP contribution in [0.1, 0.15) is 38.8 Å². The van der Waals surface area contributed by atoms with Crippen LogP contribution in [0.5, 0.6) is 0 Å². The molecule has 0 fully saturated rings. The van der Waals surface area contributed by atoms with Gasteiger partial charge in [-0.1, -0.05) is 30.7 Å². The molecule has 0 saturated carbocycles. The van der Waals surface area contributed by atoms with Gasteiger partial charge in [0, 0.05) is 11.4 Å². The maximum atomic E-state index is 11.8. The molecular weight excluding hydrogens is 248 g/mol. The zero-order valence-corrected chi connectivity index (χ0v) is 12.3. The molecule has 3 heteroatoms. The van der Waals surface area contributed by atoms with Gasteiger partial charge in [0.15, 0.2) is 5.78 Å². The predicted molar refractivity (Wildman–Crippen MR) is 75.2 cm³/mol. The number of ether oxygens (including phenoxy) is 1. The summed E-state index contributed by atoms with van der Waals surface area (Å²) in [6.45, 7) is 8.02. The number of aryl methyl sites for hydroxylation is 1. The van der Waals surface area contributed by atoms with E-state index in [0.29, 0.717) is 11.4 Å². The van der Waals surface area contributed by atoms with Crippen molar-refractivity contribution in [2.24, 2.45) is 0 Å². The number of rotatable bonds is 5. The quantitative estimate of drug-likeness (QED) is 0.811. The highest BCUT2D eigenvalue weighted by Gasteiger charge is 2.14. The number of Topliss-reactive ketones (excluding diaryl/α,β-unsaturated/α-hetero) is 1. The Morgan fingerprint density at radius 2 is 2.00 bits per heavy atom. The number of halogens is 1. The molecule has 1 rings (SSSR count). The number of ketones is 1. The molecule has 0 unspecified atom stereocenters. The van der Waals surface area contributed by atoms with E-state index in [1.807, 2.05) is 39.0 Å². The van der Waals surface area contributed by atoms with Crippen molar-refractivity contribution >= 4 is 17.4 Å². The minimum absolute atomic E-state index is 0.0556. The van der Waals surface area contributed by atoms with Crippen molar-refractivity contribution in [2.75, 3.05) is 6.61 Å². The molecular formula is C15H21ClO2. The molecule has 1 aromatic carbocycles. The fourth-order valence-corrected chi connectivity index (χ4v) is 1.73. The summed E-state index contributed by atoms with van der Waals surface area (Å²) in [5.74, 6) is 0.0556. The number of hydrogen-bond acceptors (Lipinski definition) is 2. The minimum Gasteiger partial charge on any atom is -0.368 e. The third kappa shape index (κ3) is 5.19. The Balaban J connectivity index is 2.64. The number of carbonyl (C=O) groups is 1. The maximum Gasteiger partial charge on any atom is 0.162 e. The molecule has 0 atom stereocenters.